The molecule has 2 heterocycles. The maximum atomic E-state index is 12.7. The van der Waals surface area contributed by atoms with E-state index < -0.39 is 28.9 Å². The summed E-state index contributed by atoms with van der Waals surface area (Å²) >= 11 is 1.37. The number of nitro benzene ring substituents is 1. The van der Waals surface area contributed by atoms with Crippen LogP contribution >= 0.6 is 11.8 Å². The number of nitrogens with zero attached hydrogens (tertiary/aromatic N) is 2. The lowest BCUT2D eigenvalue weighted by Crippen LogP contribution is -2.73. The highest BCUT2D eigenvalue weighted by Gasteiger charge is 2.55. The molecule has 10 nitrogen and oxygen atoms in total. The molecule has 0 aromatic heterocycles. The van der Waals surface area contributed by atoms with Crippen LogP contribution in [0.25, 0.3) is 0 Å². The highest BCUT2D eigenvalue weighted by Crippen LogP contribution is 2.40. The highest BCUT2D eigenvalue weighted by molar-refractivity contribution is 8.00. The van der Waals surface area contributed by atoms with Gasteiger partial charge in [0.25, 0.3) is 5.69 Å². The number of hydrogen-bond donors (Lipinski definition) is 1. The number of thioether (sulfide) groups is 1. The van der Waals surface area contributed by atoms with E-state index >= 15 is 0 Å². The standard InChI is InChI=1S/C17H17N3O7S/c1-9(21)26-7-11-8-28-16-13(18)15(22)19(16)14(11)17(23)27-6-10-2-4-12(5-3-10)20(24)25/h2-5,7,13-14,16H,6,8,18H2,1H3/t13?,14?,16-/m1/s1. The number of non-ortho nitro benzene ring substituents is 1. The van der Waals surface area contributed by atoms with Gasteiger partial charge in [-0.25, -0.2) is 4.79 Å². The second kappa shape index (κ2) is 7.98. The summed E-state index contributed by atoms with van der Waals surface area (Å²) in [5.74, 6) is -1.28. The number of nitrogens with two attached hydrogens (primary N) is 1. The third kappa shape index (κ3) is 3.85. The zero-order valence-electron chi connectivity index (χ0n) is 14.8. The average Bonchev–Trinajstić information content (AvgIpc) is 2.69. The maximum absolute atomic E-state index is 12.7. The molecule has 0 saturated carbocycles. The van der Waals surface area contributed by atoms with Crippen LogP contribution in [0.15, 0.2) is 36.1 Å². The Hall–Kier alpha value is -2.92. The van der Waals surface area contributed by atoms with Crippen molar-refractivity contribution in [3.8, 4) is 0 Å². The molecule has 2 aliphatic rings. The molecule has 3 atom stereocenters. The minimum Gasteiger partial charge on any atom is -0.459 e. The van der Waals surface area contributed by atoms with Gasteiger partial charge in [0.15, 0.2) is 6.04 Å². The fourth-order valence-electron chi connectivity index (χ4n) is 2.88. The number of esters is 2. The van der Waals surface area contributed by atoms with Crippen molar-refractivity contribution in [1.82, 2.24) is 4.90 Å². The predicted octanol–water partition coefficient (Wildman–Crippen LogP) is 0.696. The Morgan fingerprint density at radius 1 is 1.39 bits per heavy atom. The maximum Gasteiger partial charge on any atom is 0.333 e. The van der Waals surface area contributed by atoms with Crippen LogP contribution in [-0.4, -0.2) is 50.9 Å². The summed E-state index contributed by atoms with van der Waals surface area (Å²) in [6.45, 7) is 1.10. The van der Waals surface area contributed by atoms with Gasteiger partial charge in [-0.05, 0) is 17.7 Å². The van der Waals surface area contributed by atoms with Crippen LogP contribution in [0.5, 0.6) is 0 Å². The molecule has 2 fully saturated rings. The van der Waals surface area contributed by atoms with Crippen LogP contribution in [0.3, 0.4) is 0 Å². The molecule has 1 aromatic rings. The normalized spacial score (nSPS) is 24.9. The topological polar surface area (TPSA) is 142 Å². The number of ether oxygens (including phenoxy) is 2. The number of amides is 1. The summed E-state index contributed by atoms with van der Waals surface area (Å²) < 4.78 is 10.2. The van der Waals surface area contributed by atoms with E-state index in [9.17, 15) is 24.5 Å². The Labute approximate surface area is 163 Å². The van der Waals surface area contributed by atoms with Crippen LogP contribution in [-0.2, 0) is 30.5 Å². The summed E-state index contributed by atoms with van der Waals surface area (Å²) in [6, 6.07) is 3.85. The van der Waals surface area contributed by atoms with E-state index in [0.717, 1.165) is 0 Å². The average molecular weight is 407 g/mol. The molecule has 2 aliphatic heterocycles. The van der Waals surface area contributed by atoms with E-state index in [4.69, 9.17) is 15.2 Å². The largest absolute Gasteiger partial charge is 0.459 e. The fraction of sp³-hybridized carbons (Fsp3) is 0.353. The van der Waals surface area contributed by atoms with Crippen molar-refractivity contribution in [2.75, 3.05) is 5.75 Å². The summed E-state index contributed by atoms with van der Waals surface area (Å²) in [6.07, 6.45) is 1.17. The molecule has 2 saturated heterocycles. The van der Waals surface area contributed by atoms with E-state index in [0.29, 0.717) is 16.9 Å². The molecule has 11 heteroatoms. The van der Waals surface area contributed by atoms with Gasteiger partial charge in [0.1, 0.15) is 18.0 Å². The van der Waals surface area contributed by atoms with Crippen molar-refractivity contribution in [2.45, 2.75) is 31.0 Å². The zero-order valence-corrected chi connectivity index (χ0v) is 15.6. The Morgan fingerprint density at radius 2 is 2.07 bits per heavy atom. The minimum atomic E-state index is -1.03. The van der Waals surface area contributed by atoms with E-state index in [1.165, 1.54) is 54.1 Å². The molecule has 0 aliphatic carbocycles. The Morgan fingerprint density at radius 3 is 2.68 bits per heavy atom. The van der Waals surface area contributed by atoms with Gasteiger partial charge in [0, 0.05) is 30.4 Å². The summed E-state index contributed by atoms with van der Waals surface area (Å²) in [4.78, 5) is 47.4. The molecule has 28 heavy (non-hydrogen) atoms. The van der Waals surface area contributed by atoms with Crippen molar-refractivity contribution < 1.29 is 28.8 Å². The molecule has 0 spiro atoms. The number of carbonyl (C=O) groups excluding carboxylic acids is 3. The quantitative estimate of drug-likeness (QED) is 0.245. The second-order valence-electron chi connectivity index (χ2n) is 6.21. The van der Waals surface area contributed by atoms with E-state index in [2.05, 4.69) is 0 Å². The van der Waals surface area contributed by atoms with Crippen molar-refractivity contribution in [3.05, 3.63) is 51.8 Å². The Balaban J connectivity index is 1.73. The van der Waals surface area contributed by atoms with Crippen LogP contribution in [0.4, 0.5) is 5.69 Å². The van der Waals surface area contributed by atoms with Gasteiger partial charge in [0.05, 0.1) is 11.2 Å². The first-order chi connectivity index (χ1) is 13.3. The molecule has 1 amide bonds. The van der Waals surface area contributed by atoms with Gasteiger partial charge < -0.3 is 20.1 Å². The van der Waals surface area contributed by atoms with Gasteiger partial charge in [-0.1, -0.05) is 0 Å². The van der Waals surface area contributed by atoms with Crippen LogP contribution < -0.4 is 5.73 Å². The molecule has 1 aromatic carbocycles. The smallest absolute Gasteiger partial charge is 0.333 e. The summed E-state index contributed by atoms with van der Waals surface area (Å²) in [5.41, 5.74) is 6.69. The van der Waals surface area contributed by atoms with Crippen LogP contribution in [0.2, 0.25) is 0 Å². The molecule has 148 valence electrons. The molecular formula is C17H17N3O7S. The first-order valence-corrected chi connectivity index (χ1v) is 9.30. The minimum absolute atomic E-state index is 0.0750. The first kappa shape index (κ1) is 19.8. The SMILES string of the molecule is CC(=O)OC=C1CS[C@@H]2C(N)C(=O)N2C1C(=O)OCc1ccc([N+](=O)[O-])cc1. The number of benzene rings is 1. The van der Waals surface area contributed by atoms with Crippen molar-refractivity contribution in [2.24, 2.45) is 5.73 Å². The number of carbonyl (C=O) groups is 3. The number of hydrogen-bond acceptors (Lipinski definition) is 9. The Kier molecular flexibility index (Phi) is 5.66. The zero-order chi connectivity index (χ0) is 20.4. The molecule has 2 N–H and O–H groups in total. The Bertz CT molecular complexity index is 855. The van der Waals surface area contributed by atoms with Gasteiger partial charge in [0.2, 0.25) is 5.91 Å². The lowest BCUT2D eigenvalue weighted by molar-refractivity contribution is -0.384. The van der Waals surface area contributed by atoms with Crippen molar-refractivity contribution in [1.29, 1.82) is 0 Å². The monoisotopic (exact) mass is 407 g/mol. The second-order valence-corrected chi connectivity index (χ2v) is 7.31. The van der Waals surface area contributed by atoms with Crippen LogP contribution in [0.1, 0.15) is 12.5 Å². The highest BCUT2D eigenvalue weighted by atomic mass is 32.2. The summed E-state index contributed by atoms with van der Waals surface area (Å²) in [7, 11) is 0. The third-order valence-electron chi connectivity index (χ3n) is 4.30. The fourth-order valence-corrected chi connectivity index (χ4v) is 4.18. The lowest BCUT2D eigenvalue weighted by atomic mass is 9.99. The van der Waals surface area contributed by atoms with Gasteiger partial charge in [-0.2, -0.15) is 0 Å². The molecule has 3 rings (SSSR count). The van der Waals surface area contributed by atoms with E-state index in [1.54, 1.807) is 0 Å². The van der Waals surface area contributed by atoms with Gasteiger partial charge in [-0.15, -0.1) is 11.8 Å². The molecule has 0 radical (unpaired) electrons. The summed E-state index contributed by atoms with van der Waals surface area (Å²) in [5, 5.41) is 10.3. The first-order valence-electron chi connectivity index (χ1n) is 8.25. The number of fused-ring (bicyclic) bond motifs is 1. The molecule has 0 bridgehead atoms. The van der Waals surface area contributed by atoms with E-state index in [1.807, 2.05) is 0 Å². The number of rotatable bonds is 5. The van der Waals surface area contributed by atoms with Crippen molar-refractivity contribution >= 4 is 35.3 Å². The number of β-lactam (4-membered cyclic amide) rings is 1. The van der Waals surface area contributed by atoms with Crippen LogP contribution in [0, 0.1) is 10.1 Å². The number of nitro groups is 1. The van der Waals surface area contributed by atoms with Gasteiger partial charge >= 0.3 is 11.9 Å². The molecular weight excluding hydrogens is 390 g/mol. The third-order valence-corrected chi connectivity index (χ3v) is 5.66. The molecule has 2 unspecified atom stereocenters. The predicted molar refractivity (Wildman–Crippen MR) is 97.6 cm³/mol. The van der Waals surface area contributed by atoms with Gasteiger partial charge in [-0.3, -0.25) is 19.7 Å². The van der Waals surface area contributed by atoms with Crippen molar-refractivity contribution in [3.63, 3.8) is 0 Å². The lowest BCUT2D eigenvalue weighted by Gasteiger charge is -2.51. The van der Waals surface area contributed by atoms with E-state index in [-0.39, 0.29) is 23.6 Å².